The topological polar surface area (TPSA) is 172 Å². The van der Waals surface area contributed by atoms with Crippen LogP contribution in [0.5, 0.6) is 5.75 Å². The predicted octanol–water partition coefficient (Wildman–Crippen LogP) is -1.10. The van der Waals surface area contributed by atoms with Crippen molar-refractivity contribution in [2.45, 2.75) is 36.9 Å². The molecule has 0 radical (unpaired) electrons. The van der Waals surface area contributed by atoms with E-state index in [1.165, 1.54) is 24.8 Å². The molecule has 33 heavy (non-hydrogen) atoms. The van der Waals surface area contributed by atoms with Gasteiger partial charge in [-0.25, -0.2) is 15.0 Å². The molecule has 1 fully saturated rings. The van der Waals surface area contributed by atoms with Crippen LogP contribution in [0.2, 0.25) is 0 Å². The third-order valence-electron chi connectivity index (χ3n) is 5.63. The molecule has 1 aliphatic heterocycles. The molecule has 12 nitrogen and oxygen atoms in total. The Labute approximate surface area is 189 Å². The number of aromatic hydroxyl groups is 1. The van der Waals surface area contributed by atoms with E-state index in [0.717, 1.165) is 5.56 Å². The number of anilines is 1. The number of nitrogens with zero attached hydrogens (tertiary/aromatic N) is 5. The first-order valence-corrected chi connectivity index (χ1v) is 10.4. The number of carbonyl (C=O) groups excluding carboxylic acids is 1. The van der Waals surface area contributed by atoms with Gasteiger partial charge in [-0.2, -0.15) is 0 Å². The zero-order valence-corrected chi connectivity index (χ0v) is 18.2. The summed E-state index contributed by atoms with van der Waals surface area (Å²) in [6.45, 7) is -0.420. The number of nitrogens with two attached hydrogens (primary N) is 1. The second-order valence-corrected chi connectivity index (χ2v) is 8.17. The number of hydrogen-bond donors (Lipinski definition) is 5. The molecule has 3 aromatic rings. The molecule has 1 saturated heterocycles. The summed E-state index contributed by atoms with van der Waals surface area (Å²) in [7, 11) is 3.66. The third kappa shape index (κ3) is 4.46. The molecule has 12 heteroatoms. The number of aromatic nitrogens is 4. The molecule has 1 aromatic carbocycles. The molecule has 6 N–H and O–H groups in total. The molecule has 2 aromatic heterocycles. The fourth-order valence-corrected chi connectivity index (χ4v) is 3.91. The Morgan fingerprint density at radius 3 is 2.67 bits per heavy atom. The van der Waals surface area contributed by atoms with Crippen molar-refractivity contribution in [2.75, 3.05) is 25.6 Å². The number of rotatable bonds is 7. The van der Waals surface area contributed by atoms with Crippen LogP contribution in [0.15, 0.2) is 36.9 Å². The number of ether oxygens (including phenoxy) is 1. The zero-order valence-electron chi connectivity index (χ0n) is 18.2. The molecule has 0 aliphatic carbocycles. The van der Waals surface area contributed by atoms with Gasteiger partial charge in [0.15, 0.2) is 23.2 Å². The predicted molar refractivity (Wildman–Crippen MR) is 118 cm³/mol. The molecule has 0 spiro atoms. The van der Waals surface area contributed by atoms with Crippen molar-refractivity contribution in [1.82, 2.24) is 24.8 Å². The first-order chi connectivity index (χ1) is 15.8. The van der Waals surface area contributed by atoms with E-state index < -0.39 is 43.0 Å². The van der Waals surface area contributed by atoms with Gasteiger partial charge in [-0.1, -0.05) is 12.1 Å². The van der Waals surface area contributed by atoms with Gasteiger partial charge in [0.2, 0.25) is 5.91 Å². The van der Waals surface area contributed by atoms with Crippen molar-refractivity contribution in [1.29, 1.82) is 0 Å². The van der Waals surface area contributed by atoms with Crippen LogP contribution >= 0.6 is 0 Å². The number of nitrogens with one attached hydrogen (secondary N) is 1. The molecule has 1 aliphatic rings. The van der Waals surface area contributed by atoms with Crippen molar-refractivity contribution in [3.8, 4) is 5.75 Å². The number of benzene rings is 1. The minimum Gasteiger partial charge on any atom is -0.508 e. The molecule has 3 heterocycles. The van der Waals surface area contributed by atoms with Crippen molar-refractivity contribution in [3.63, 3.8) is 0 Å². The molecule has 5 atom stereocenters. The first-order valence-electron chi connectivity index (χ1n) is 10.4. The maximum Gasteiger partial charge on any atom is 0.237 e. The smallest absolute Gasteiger partial charge is 0.237 e. The summed E-state index contributed by atoms with van der Waals surface area (Å²) < 4.78 is 7.42. The van der Waals surface area contributed by atoms with Gasteiger partial charge < -0.3 is 36.0 Å². The summed E-state index contributed by atoms with van der Waals surface area (Å²) in [5.41, 5.74) is 7.80. The lowest BCUT2D eigenvalue weighted by Crippen LogP contribution is -2.53. The Morgan fingerprint density at radius 2 is 2.00 bits per heavy atom. The van der Waals surface area contributed by atoms with Crippen molar-refractivity contribution in [2.24, 2.45) is 5.73 Å². The normalized spacial score (nSPS) is 23.5. The largest absolute Gasteiger partial charge is 0.508 e. The van der Waals surface area contributed by atoms with E-state index in [-0.39, 0.29) is 12.2 Å². The summed E-state index contributed by atoms with van der Waals surface area (Å²) in [6.07, 6.45) is 0.122. The van der Waals surface area contributed by atoms with Crippen LogP contribution in [-0.4, -0.2) is 85.7 Å². The lowest BCUT2D eigenvalue weighted by molar-refractivity contribution is -0.124. The van der Waals surface area contributed by atoms with Gasteiger partial charge in [-0.15, -0.1) is 0 Å². The molecule has 2 unspecified atom stereocenters. The summed E-state index contributed by atoms with van der Waals surface area (Å²) in [4.78, 5) is 27.4. The van der Waals surface area contributed by atoms with Gasteiger partial charge in [0.1, 0.15) is 24.3 Å². The molecule has 1 amide bonds. The fraction of sp³-hybridized carbons (Fsp3) is 0.429. The number of carbonyl (C=O) groups is 1. The Balaban J connectivity index is 1.51. The lowest BCUT2D eigenvalue weighted by atomic mass is 10.0. The number of hydrogen-bond acceptors (Lipinski definition) is 10. The van der Waals surface area contributed by atoms with Gasteiger partial charge in [0.05, 0.1) is 25.0 Å². The zero-order chi connectivity index (χ0) is 23.7. The number of aliphatic hydroxyl groups excluding tert-OH is 2. The van der Waals surface area contributed by atoms with E-state index in [1.807, 2.05) is 14.1 Å². The Bertz CT molecular complexity index is 1120. The van der Waals surface area contributed by atoms with E-state index in [4.69, 9.17) is 10.5 Å². The van der Waals surface area contributed by atoms with E-state index in [2.05, 4.69) is 20.3 Å². The molecular formula is C21H27N7O5. The standard InChI is InChI=1S/C21H27N7O5/c1-27(2)18-16-19(24-9-23-18)28(10-25-16)21-17(31)15(14(8-29)33-21)26-20(32)13(22)7-11-3-5-12(30)6-4-11/h3-6,9-10,13-15,17,21,29-31H,7-8,22H2,1-2H3,(H,26,32)/t13?,14-,15?,17-,21-/m1/s1. The van der Waals surface area contributed by atoms with E-state index >= 15 is 0 Å². The molecule has 4 rings (SSSR count). The second kappa shape index (κ2) is 9.27. The summed E-state index contributed by atoms with van der Waals surface area (Å²) >= 11 is 0. The van der Waals surface area contributed by atoms with Crippen LogP contribution in [0, 0.1) is 0 Å². The molecule has 0 bridgehead atoms. The van der Waals surface area contributed by atoms with Gasteiger partial charge in [-0.05, 0) is 24.1 Å². The number of phenols is 1. The molecular weight excluding hydrogens is 430 g/mol. The van der Waals surface area contributed by atoms with Crippen LogP contribution in [0.1, 0.15) is 11.8 Å². The van der Waals surface area contributed by atoms with Crippen LogP contribution in [0.25, 0.3) is 11.2 Å². The SMILES string of the molecule is CN(C)c1ncnc2c1ncn2[C@@H]1O[C@H](CO)C(NC(=O)C(N)Cc2ccc(O)cc2)[C@H]1O. The van der Waals surface area contributed by atoms with Crippen molar-refractivity contribution < 1.29 is 24.9 Å². The van der Waals surface area contributed by atoms with Gasteiger partial charge >= 0.3 is 0 Å². The molecule has 176 valence electrons. The quantitative estimate of drug-likeness (QED) is 0.293. The highest BCUT2D eigenvalue weighted by Crippen LogP contribution is 2.32. The maximum absolute atomic E-state index is 12.7. The van der Waals surface area contributed by atoms with Crippen LogP contribution in [-0.2, 0) is 16.0 Å². The molecule has 0 saturated carbocycles. The third-order valence-corrected chi connectivity index (χ3v) is 5.63. The van der Waals surface area contributed by atoms with Gasteiger partial charge in [-0.3, -0.25) is 9.36 Å². The van der Waals surface area contributed by atoms with E-state index in [9.17, 15) is 20.1 Å². The summed E-state index contributed by atoms with van der Waals surface area (Å²) in [5.74, 6) is 0.229. The van der Waals surface area contributed by atoms with Crippen LogP contribution in [0.4, 0.5) is 5.82 Å². The number of fused-ring (bicyclic) bond motifs is 1. The Hall–Kier alpha value is -3.32. The Morgan fingerprint density at radius 1 is 1.27 bits per heavy atom. The first kappa shape index (κ1) is 22.9. The number of aliphatic hydroxyl groups is 2. The average Bonchev–Trinajstić information content (AvgIpc) is 3.36. The monoisotopic (exact) mass is 457 g/mol. The average molecular weight is 457 g/mol. The number of amides is 1. The van der Waals surface area contributed by atoms with Crippen molar-refractivity contribution >= 4 is 22.9 Å². The van der Waals surface area contributed by atoms with Crippen molar-refractivity contribution in [3.05, 3.63) is 42.5 Å². The maximum atomic E-state index is 12.7. The van der Waals surface area contributed by atoms with Crippen LogP contribution < -0.4 is 16.0 Å². The highest BCUT2D eigenvalue weighted by Gasteiger charge is 2.46. The highest BCUT2D eigenvalue weighted by molar-refractivity contribution is 5.83. The van der Waals surface area contributed by atoms with Gasteiger partial charge in [0.25, 0.3) is 0 Å². The number of imidazole rings is 1. The minimum atomic E-state index is -1.19. The number of phenolic OH excluding ortho intramolecular Hbond substituents is 1. The fourth-order valence-electron chi connectivity index (χ4n) is 3.91. The summed E-state index contributed by atoms with van der Waals surface area (Å²) in [6, 6.07) is 4.59. The van der Waals surface area contributed by atoms with E-state index in [0.29, 0.717) is 17.0 Å². The lowest BCUT2D eigenvalue weighted by Gasteiger charge is -2.23. The summed E-state index contributed by atoms with van der Waals surface area (Å²) in [5, 5.41) is 32.9. The minimum absolute atomic E-state index is 0.120. The van der Waals surface area contributed by atoms with E-state index in [1.54, 1.807) is 21.6 Å². The van der Waals surface area contributed by atoms with Crippen LogP contribution in [0.3, 0.4) is 0 Å². The highest BCUT2D eigenvalue weighted by atomic mass is 16.5. The Kier molecular flexibility index (Phi) is 6.42. The van der Waals surface area contributed by atoms with Gasteiger partial charge in [0, 0.05) is 14.1 Å². The second-order valence-electron chi connectivity index (χ2n) is 8.17.